The Kier molecular flexibility index (Phi) is 6.26. The number of rotatable bonds is 6. The molecule has 0 bridgehead atoms. The number of hydrogen-bond acceptors (Lipinski definition) is 7. The number of aromatic nitrogens is 1. The number of phenols is 1. The maximum Gasteiger partial charge on any atom is 0.301 e. The Morgan fingerprint density at radius 2 is 1.83 bits per heavy atom. The lowest BCUT2D eigenvalue weighted by molar-refractivity contribution is -0.132. The van der Waals surface area contributed by atoms with Crippen molar-refractivity contribution >= 4 is 33.9 Å². The van der Waals surface area contributed by atoms with E-state index in [4.69, 9.17) is 4.74 Å². The minimum Gasteiger partial charge on any atom is -0.508 e. The lowest BCUT2D eigenvalue weighted by Gasteiger charge is -2.23. The van der Waals surface area contributed by atoms with E-state index in [1.807, 2.05) is 31.2 Å². The number of nitrogens with zero attached hydrogens (tertiary/aromatic N) is 2. The molecule has 3 aromatic carbocycles. The van der Waals surface area contributed by atoms with Crippen LogP contribution in [0.25, 0.3) is 5.76 Å². The van der Waals surface area contributed by atoms with Gasteiger partial charge in [-0.3, -0.25) is 14.5 Å². The van der Waals surface area contributed by atoms with Crippen molar-refractivity contribution in [2.24, 2.45) is 0 Å². The zero-order chi connectivity index (χ0) is 25.2. The third-order valence-corrected chi connectivity index (χ3v) is 6.64. The number of anilines is 1. The van der Waals surface area contributed by atoms with Crippen molar-refractivity contribution in [3.8, 4) is 11.5 Å². The van der Waals surface area contributed by atoms with Crippen LogP contribution in [0.4, 0.5) is 5.13 Å². The molecule has 2 heterocycles. The van der Waals surface area contributed by atoms with Crippen molar-refractivity contribution < 1.29 is 24.5 Å². The Morgan fingerprint density at radius 3 is 2.53 bits per heavy atom. The molecule has 8 heteroatoms. The fourth-order valence-corrected chi connectivity index (χ4v) is 4.88. The first-order valence-corrected chi connectivity index (χ1v) is 12.1. The van der Waals surface area contributed by atoms with Crippen molar-refractivity contribution in [1.82, 2.24) is 4.98 Å². The van der Waals surface area contributed by atoms with E-state index >= 15 is 0 Å². The van der Waals surface area contributed by atoms with Gasteiger partial charge in [-0.2, -0.15) is 0 Å². The predicted octanol–water partition coefficient (Wildman–Crippen LogP) is 5.36. The number of carbonyl (C=O) groups excluding carboxylic acids is 2. The van der Waals surface area contributed by atoms with E-state index < -0.39 is 17.7 Å². The smallest absolute Gasteiger partial charge is 0.301 e. The minimum atomic E-state index is -0.944. The fraction of sp³-hybridized carbons (Fsp3) is 0.107. The third-order valence-electron chi connectivity index (χ3n) is 5.87. The highest BCUT2D eigenvalue weighted by molar-refractivity contribution is 7.14. The van der Waals surface area contributed by atoms with Crippen molar-refractivity contribution in [2.75, 3.05) is 4.90 Å². The molecule has 7 nitrogen and oxygen atoms in total. The second-order valence-corrected chi connectivity index (χ2v) is 9.25. The molecule has 0 saturated carbocycles. The molecule has 0 radical (unpaired) electrons. The number of ketones is 1. The molecule has 4 aromatic rings. The van der Waals surface area contributed by atoms with Crippen molar-refractivity contribution in [1.29, 1.82) is 0 Å². The summed E-state index contributed by atoms with van der Waals surface area (Å²) < 4.78 is 5.85. The average molecular weight is 499 g/mol. The van der Waals surface area contributed by atoms with Gasteiger partial charge in [0.15, 0.2) is 5.13 Å². The van der Waals surface area contributed by atoms with Crippen LogP contribution in [0.5, 0.6) is 11.5 Å². The van der Waals surface area contributed by atoms with Crippen LogP contribution >= 0.6 is 11.3 Å². The highest BCUT2D eigenvalue weighted by Gasteiger charge is 2.48. The van der Waals surface area contributed by atoms with Crippen molar-refractivity contribution in [2.45, 2.75) is 19.6 Å². The van der Waals surface area contributed by atoms with Crippen LogP contribution < -0.4 is 9.64 Å². The van der Waals surface area contributed by atoms with Gasteiger partial charge in [0.1, 0.15) is 23.9 Å². The Bertz CT molecular complexity index is 1460. The molecule has 180 valence electrons. The summed E-state index contributed by atoms with van der Waals surface area (Å²) in [5, 5.41) is 23.3. The summed E-state index contributed by atoms with van der Waals surface area (Å²) in [5.74, 6) is -1.35. The number of benzene rings is 3. The van der Waals surface area contributed by atoms with E-state index in [0.717, 1.165) is 11.1 Å². The third kappa shape index (κ3) is 4.46. The quantitative estimate of drug-likeness (QED) is 0.211. The summed E-state index contributed by atoms with van der Waals surface area (Å²) in [6.07, 6.45) is 1.54. The first kappa shape index (κ1) is 23.3. The summed E-state index contributed by atoms with van der Waals surface area (Å²) in [7, 11) is 0. The van der Waals surface area contributed by atoms with E-state index in [-0.39, 0.29) is 17.1 Å². The van der Waals surface area contributed by atoms with Crippen LogP contribution in [0.3, 0.4) is 0 Å². The first-order valence-electron chi connectivity index (χ1n) is 11.2. The molecule has 1 saturated heterocycles. The first-order chi connectivity index (χ1) is 17.4. The van der Waals surface area contributed by atoms with Gasteiger partial charge in [0.05, 0.1) is 11.6 Å². The number of aryl methyl sites for hydroxylation is 1. The number of Topliss-reactive ketones (excluding diaryl/α,β-unsaturated/α-hetero) is 1. The molecule has 2 N–H and O–H groups in total. The van der Waals surface area contributed by atoms with Gasteiger partial charge < -0.3 is 14.9 Å². The number of carbonyl (C=O) groups is 2. The Labute approximate surface area is 211 Å². The molecule has 1 aliphatic rings. The Hall–Kier alpha value is -4.43. The van der Waals surface area contributed by atoms with Gasteiger partial charge in [0.25, 0.3) is 5.78 Å². The second-order valence-electron chi connectivity index (χ2n) is 8.38. The predicted molar refractivity (Wildman–Crippen MR) is 137 cm³/mol. The van der Waals surface area contributed by atoms with Gasteiger partial charge in [-0.1, -0.05) is 42.0 Å². The monoisotopic (exact) mass is 498 g/mol. The molecule has 0 spiro atoms. The van der Waals surface area contributed by atoms with Crippen LogP contribution in [-0.4, -0.2) is 26.9 Å². The number of aliphatic hydroxyl groups excluding tert-OH is 1. The summed E-state index contributed by atoms with van der Waals surface area (Å²) in [6, 6.07) is 20.0. The molecule has 1 aromatic heterocycles. The highest BCUT2D eigenvalue weighted by Crippen LogP contribution is 2.43. The number of aliphatic hydroxyl groups is 1. The maximum atomic E-state index is 13.1. The van der Waals surface area contributed by atoms with Gasteiger partial charge in [0, 0.05) is 17.1 Å². The van der Waals surface area contributed by atoms with Crippen LogP contribution in [-0.2, 0) is 16.2 Å². The number of phenolic OH excluding ortho intramolecular Hbond substituents is 1. The summed E-state index contributed by atoms with van der Waals surface area (Å²) in [5.41, 5.74) is 2.95. The molecule has 5 rings (SSSR count). The number of hydrogen-bond donors (Lipinski definition) is 2. The number of aromatic hydroxyl groups is 1. The van der Waals surface area contributed by atoms with Crippen molar-refractivity contribution in [3.63, 3.8) is 0 Å². The molecule has 0 unspecified atom stereocenters. The highest BCUT2D eigenvalue weighted by atomic mass is 32.1. The van der Waals surface area contributed by atoms with Crippen LogP contribution in [0.15, 0.2) is 89.9 Å². The van der Waals surface area contributed by atoms with Crippen LogP contribution in [0, 0.1) is 6.92 Å². The van der Waals surface area contributed by atoms with Gasteiger partial charge >= 0.3 is 5.91 Å². The molecule has 1 aliphatic heterocycles. The molecule has 0 aliphatic carbocycles. The SMILES string of the molecule is Cc1cccc(COc2ccc(/C(O)=C3\C(=O)C(=O)N(c4nccs4)[C@@H]3c3cccc(O)c3)cc2)c1. The Morgan fingerprint density at radius 1 is 1.06 bits per heavy atom. The van der Waals surface area contributed by atoms with Crippen LogP contribution in [0.2, 0.25) is 0 Å². The van der Waals surface area contributed by atoms with Gasteiger partial charge in [-0.15, -0.1) is 11.3 Å². The summed E-state index contributed by atoms with van der Waals surface area (Å²) in [6.45, 7) is 2.41. The van der Waals surface area contributed by atoms with E-state index in [2.05, 4.69) is 4.98 Å². The van der Waals surface area contributed by atoms with Gasteiger partial charge in [-0.25, -0.2) is 4.98 Å². The summed E-state index contributed by atoms with van der Waals surface area (Å²) in [4.78, 5) is 31.6. The second kappa shape index (κ2) is 9.67. The molecular weight excluding hydrogens is 476 g/mol. The van der Waals surface area contributed by atoms with Gasteiger partial charge in [-0.05, 0) is 54.4 Å². The van der Waals surface area contributed by atoms with E-state index in [1.165, 1.54) is 34.6 Å². The zero-order valence-electron chi connectivity index (χ0n) is 19.3. The molecule has 36 heavy (non-hydrogen) atoms. The van der Waals surface area contributed by atoms with E-state index in [0.29, 0.717) is 28.6 Å². The Balaban J connectivity index is 1.49. The molecule has 1 amide bonds. The topological polar surface area (TPSA) is 100.0 Å². The average Bonchev–Trinajstić information content (AvgIpc) is 3.49. The normalized spacial score (nSPS) is 16.9. The lowest BCUT2D eigenvalue weighted by atomic mass is 9.95. The van der Waals surface area contributed by atoms with Crippen LogP contribution in [0.1, 0.15) is 28.3 Å². The number of ether oxygens (including phenoxy) is 1. The van der Waals surface area contributed by atoms with E-state index in [1.54, 1.807) is 41.8 Å². The molecule has 1 atom stereocenters. The minimum absolute atomic E-state index is 0.0210. The molecule has 1 fully saturated rings. The van der Waals surface area contributed by atoms with Gasteiger partial charge in [0.2, 0.25) is 0 Å². The maximum absolute atomic E-state index is 13.1. The largest absolute Gasteiger partial charge is 0.508 e. The standard InChI is InChI=1S/C28H22N2O5S/c1-17-4-2-5-18(14-17)16-35-22-10-8-19(9-11-22)25(32)23-24(20-6-3-7-21(31)15-20)30(27(34)26(23)33)28-29-12-13-36-28/h2-15,24,31-32H,16H2,1H3/b25-23+/t24-/m1/s1. The molecular formula is C28H22N2O5S. The van der Waals surface area contributed by atoms with E-state index in [9.17, 15) is 19.8 Å². The number of thiazole rings is 1. The fourth-order valence-electron chi connectivity index (χ4n) is 4.21. The summed E-state index contributed by atoms with van der Waals surface area (Å²) >= 11 is 1.20. The lowest BCUT2D eigenvalue weighted by Crippen LogP contribution is -2.29. The zero-order valence-corrected chi connectivity index (χ0v) is 20.1. The number of amides is 1. The van der Waals surface area contributed by atoms with Crippen molar-refractivity contribution in [3.05, 3.63) is 112 Å².